The molecule has 0 bridgehead atoms. The lowest BCUT2D eigenvalue weighted by Gasteiger charge is -2.38. The van der Waals surface area contributed by atoms with Crippen LogP contribution in [0, 0.1) is 5.92 Å². The first kappa shape index (κ1) is 25.6. The predicted molar refractivity (Wildman–Crippen MR) is 146 cm³/mol. The largest absolute Gasteiger partial charge is 0.477 e. The summed E-state index contributed by atoms with van der Waals surface area (Å²) in [5.41, 5.74) is 2.87. The maximum atomic E-state index is 13.1. The summed E-state index contributed by atoms with van der Waals surface area (Å²) >= 11 is 6.24. The number of carbonyl (C=O) groups is 2. The number of hydrogen-bond acceptors (Lipinski definition) is 3. The number of anilines is 3. The summed E-state index contributed by atoms with van der Waals surface area (Å²) in [5, 5.41) is 15.9. The van der Waals surface area contributed by atoms with Crippen LogP contribution in [0.25, 0.3) is 5.69 Å². The Bertz CT molecular complexity index is 1220. The quantitative estimate of drug-likeness (QED) is 0.298. The number of halogens is 1. The Hall–Kier alpha value is -3.45. The van der Waals surface area contributed by atoms with E-state index in [4.69, 9.17) is 11.6 Å². The summed E-state index contributed by atoms with van der Waals surface area (Å²) in [6, 6.07) is 16.0. The van der Waals surface area contributed by atoms with E-state index in [-0.39, 0.29) is 5.69 Å². The first-order valence-electron chi connectivity index (χ1n) is 12.5. The smallest absolute Gasteiger partial charge is 0.352 e. The molecule has 1 fully saturated rings. The second-order valence-corrected chi connectivity index (χ2v) is 10.1. The lowest BCUT2D eigenvalue weighted by molar-refractivity contribution is 0.0688. The van der Waals surface area contributed by atoms with Gasteiger partial charge in [-0.25, -0.2) is 9.59 Å². The lowest BCUT2D eigenvalue weighted by Crippen LogP contribution is -2.40. The fourth-order valence-electron chi connectivity index (χ4n) is 4.87. The van der Waals surface area contributed by atoms with Crippen molar-refractivity contribution in [3.8, 4) is 5.69 Å². The van der Waals surface area contributed by atoms with Gasteiger partial charge >= 0.3 is 12.0 Å². The third-order valence-electron chi connectivity index (χ3n) is 6.48. The molecule has 36 heavy (non-hydrogen) atoms. The van der Waals surface area contributed by atoms with Crippen molar-refractivity contribution < 1.29 is 14.7 Å². The molecule has 1 aliphatic carbocycles. The van der Waals surface area contributed by atoms with E-state index in [0.29, 0.717) is 34.0 Å². The van der Waals surface area contributed by atoms with Crippen molar-refractivity contribution in [1.82, 2.24) is 4.57 Å². The number of para-hydroxylation sites is 1. The van der Waals surface area contributed by atoms with Crippen molar-refractivity contribution >= 4 is 40.7 Å². The van der Waals surface area contributed by atoms with E-state index in [2.05, 4.69) is 29.4 Å². The molecule has 1 heterocycles. The van der Waals surface area contributed by atoms with Crippen molar-refractivity contribution in [2.75, 3.05) is 22.1 Å². The van der Waals surface area contributed by atoms with Crippen molar-refractivity contribution in [2.45, 2.75) is 52.0 Å². The van der Waals surface area contributed by atoms with Gasteiger partial charge in [0, 0.05) is 24.5 Å². The predicted octanol–water partition coefficient (Wildman–Crippen LogP) is 7.27. The molecule has 0 radical (unpaired) electrons. The minimum atomic E-state index is -1.02. The third-order valence-corrected chi connectivity index (χ3v) is 6.81. The van der Waals surface area contributed by atoms with Gasteiger partial charge in [-0.3, -0.25) is 0 Å². The van der Waals surface area contributed by atoms with E-state index in [9.17, 15) is 14.7 Å². The van der Waals surface area contributed by atoms with E-state index in [0.717, 1.165) is 25.1 Å². The van der Waals surface area contributed by atoms with Crippen molar-refractivity contribution in [3.63, 3.8) is 0 Å². The van der Waals surface area contributed by atoms with Gasteiger partial charge in [0.05, 0.1) is 22.1 Å². The van der Waals surface area contributed by atoms with Crippen molar-refractivity contribution in [1.29, 1.82) is 0 Å². The highest BCUT2D eigenvalue weighted by Gasteiger charge is 2.25. The molecule has 0 saturated heterocycles. The molecular weight excluding hydrogens is 476 g/mol. The van der Waals surface area contributed by atoms with Crippen LogP contribution < -0.4 is 15.5 Å². The number of rotatable bonds is 8. The molecule has 2 aromatic carbocycles. The molecule has 1 saturated carbocycles. The standard InChI is InChI=1S/C28H33ClN4O3/c1-19(2)18-33(20-9-4-3-5-10-20)25-15-14-21(32-16-8-13-26(32)27(34)35)17-24(25)31-28(36)30-23-12-7-6-11-22(23)29/h6-8,11-17,19-20H,3-5,9-10,18H2,1-2H3,(H,34,35)(H2,30,31,36). The Morgan fingerprint density at radius 1 is 1.03 bits per heavy atom. The summed E-state index contributed by atoms with van der Waals surface area (Å²) < 4.78 is 1.61. The van der Waals surface area contributed by atoms with Gasteiger partial charge in [0.1, 0.15) is 5.69 Å². The SMILES string of the molecule is CC(C)CN(c1ccc(-n2cccc2C(=O)O)cc1NC(=O)Nc1ccccc1Cl)C1CCCCC1. The molecule has 1 aromatic heterocycles. The molecule has 4 rings (SSSR count). The molecule has 2 amide bonds. The number of carbonyl (C=O) groups excluding carboxylic acids is 1. The highest BCUT2D eigenvalue weighted by molar-refractivity contribution is 6.33. The minimum Gasteiger partial charge on any atom is -0.477 e. The highest BCUT2D eigenvalue weighted by atomic mass is 35.5. The van der Waals surface area contributed by atoms with Crippen LogP contribution in [-0.4, -0.2) is 34.3 Å². The average molecular weight is 509 g/mol. The number of nitrogens with zero attached hydrogens (tertiary/aromatic N) is 2. The van der Waals surface area contributed by atoms with E-state index in [1.54, 1.807) is 47.2 Å². The zero-order chi connectivity index (χ0) is 25.7. The second kappa shape index (κ2) is 11.5. The molecule has 0 unspecified atom stereocenters. The van der Waals surface area contributed by atoms with E-state index in [1.165, 1.54) is 19.3 Å². The van der Waals surface area contributed by atoms with E-state index < -0.39 is 12.0 Å². The van der Waals surface area contributed by atoms with Gasteiger partial charge in [0.15, 0.2) is 0 Å². The second-order valence-electron chi connectivity index (χ2n) is 9.67. The zero-order valence-electron chi connectivity index (χ0n) is 20.7. The third kappa shape index (κ3) is 6.02. The Balaban J connectivity index is 1.73. The van der Waals surface area contributed by atoms with Gasteiger partial charge < -0.3 is 25.2 Å². The van der Waals surface area contributed by atoms with Crippen LogP contribution in [0.2, 0.25) is 5.02 Å². The number of carboxylic acid groups (broad SMARTS) is 1. The number of carboxylic acids is 1. The molecule has 8 heteroatoms. The zero-order valence-corrected chi connectivity index (χ0v) is 21.5. The summed E-state index contributed by atoms with van der Waals surface area (Å²) in [4.78, 5) is 27.2. The number of amides is 2. The fraction of sp³-hybridized carbons (Fsp3) is 0.357. The summed E-state index contributed by atoms with van der Waals surface area (Å²) in [5.74, 6) is -0.585. The highest BCUT2D eigenvalue weighted by Crippen LogP contribution is 2.35. The van der Waals surface area contributed by atoms with Gasteiger partial charge in [-0.1, -0.05) is 56.8 Å². The van der Waals surface area contributed by atoms with Gasteiger partial charge in [0.2, 0.25) is 0 Å². The van der Waals surface area contributed by atoms with Crippen LogP contribution in [0.3, 0.4) is 0 Å². The lowest BCUT2D eigenvalue weighted by atomic mass is 9.93. The Labute approximate surface area is 217 Å². The van der Waals surface area contributed by atoms with Gasteiger partial charge in [-0.05, 0) is 61.2 Å². The number of aromatic nitrogens is 1. The summed E-state index contributed by atoms with van der Waals surface area (Å²) in [6.45, 7) is 5.25. The van der Waals surface area contributed by atoms with Crippen LogP contribution in [0.4, 0.5) is 21.9 Å². The first-order valence-corrected chi connectivity index (χ1v) is 12.9. The monoisotopic (exact) mass is 508 g/mol. The van der Waals surface area contributed by atoms with Crippen LogP contribution in [0.15, 0.2) is 60.8 Å². The molecular formula is C28H33ClN4O3. The normalized spacial score (nSPS) is 14.0. The molecule has 0 aliphatic heterocycles. The van der Waals surface area contributed by atoms with E-state index >= 15 is 0 Å². The maximum absolute atomic E-state index is 13.1. The Kier molecular flexibility index (Phi) is 8.21. The van der Waals surface area contributed by atoms with Crippen LogP contribution in [0.1, 0.15) is 56.4 Å². The Morgan fingerprint density at radius 2 is 1.75 bits per heavy atom. The van der Waals surface area contributed by atoms with Gasteiger partial charge in [-0.15, -0.1) is 0 Å². The van der Waals surface area contributed by atoms with E-state index in [1.807, 2.05) is 18.2 Å². The number of urea groups is 1. The maximum Gasteiger partial charge on any atom is 0.352 e. The average Bonchev–Trinajstić information content (AvgIpc) is 3.35. The number of benzene rings is 2. The van der Waals surface area contributed by atoms with Crippen molar-refractivity contribution in [3.05, 3.63) is 71.5 Å². The number of nitrogens with one attached hydrogen (secondary N) is 2. The van der Waals surface area contributed by atoms with Gasteiger partial charge in [0.25, 0.3) is 0 Å². The Morgan fingerprint density at radius 3 is 2.44 bits per heavy atom. The van der Waals surface area contributed by atoms with Crippen LogP contribution in [-0.2, 0) is 0 Å². The minimum absolute atomic E-state index is 0.153. The number of hydrogen-bond donors (Lipinski definition) is 3. The molecule has 3 aromatic rings. The van der Waals surface area contributed by atoms with Crippen LogP contribution >= 0.6 is 11.6 Å². The fourth-order valence-corrected chi connectivity index (χ4v) is 5.06. The number of aromatic carboxylic acids is 1. The van der Waals surface area contributed by atoms with Crippen LogP contribution in [0.5, 0.6) is 0 Å². The van der Waals surface area contributed by atoms with Gasteiger partial charge in [-0.2, -0.15) is 0 Å². The molecule has 190 valence electrons. The summed E-state index contributed by atoms with van der Waals surface area (Å²) in [7, 11) is 0. The molecule has 1 aliphatic rings. The molecule has 3 N–H and O–H groups in total. The topological polar surface area (TPSA) is 86.6 Å². The first-order chi connectivity index (χ1) is 17.3. The summed E-state index contributed by atoms with van der Waals surface area (Å²) in [6.07, 6.45) is 7.57. The molecule has 0 atom stereocenters. The van der Waals surface area contributed by atoms with Crippen molar-refractivity contribution in [2.24, 2.45) is 5.92 Å². The molecule has 7 nitrogen and oxygen atoms in total. The molecule has 0 spiro atoms.